The quantitative estimate of drug-likeness (QED) is 0.927. The van der Waals surface area contributed by atoms with Crippen LogP contribution in [0.1, 0.15) is 25.8 Å². The number of halogens is 2. The van der Waals surface area contributed by atoms with E-state index in [9.17, 15) is 9.18 Å². The van der Waals surface area contributed by atoms with Crippen molar-refractivity contribution < 1.29 is 14.0 Å². The van der Waals surface area contributed by atoms with Crippen molar-refractivity contribution in [2.24, 2.45) is 5.16 Å². The lowest BCUT2D eigenvalue weighted by atomic mass is 10.0. The molecule has 1 atom stereocenters. The number of rotatable bonds is 3. The minimum absolute atomic E-state index is 0.0113. The summed E-state index contributed by atoms with van der Waals surface area (Å²) in [5, 5.41) is 6.75. The third kappa shape index (κ3) is 3.04. The van der Waals surface area contributed by atoms with E-state index >= 15 is 0 Å². The van der Waals surface area contributed by atoms with Crippen molar-refractivity contribution in [1.82, 2.24) is 5.32 Å². The number of oxime groups is 1. The number of carbonyl (C=O) groups excluding carboxylic acids is 1. The summed E-state index contributed by atoms with van der Waals surface area (Å²) in [6.07, 6.45) is -0.521. The van der Waals surface area contributed by atoms with Gasteiger partial charge in [-0.15, -0.1) is 0 Å². The first-order chi connectivity index (χ1) is 8.99. The van der Waals surface area contributed by atoms with Crippen molar-refractivity contribution in [1.29, 1.82) is 0 Å². The lowest BCUT2D eigenvalue weighted by Crippen LogP contribution is -2.38. The normalized spacial score (nSPS) is 18.2. The molecule has 4 nitrogen and oxygen atoms in total. The molecule has 0 aromatic heterocycles. The highest BCUT2D eigenvalue weighted by molar-refractivity contribution is 6.34. The summed E-state index contributed by atoms with van der Waals surface area (Å²) < 4.78 is 13.7. The third-order valence-corrected chi connectivity index (χ3v) is 2.96. The highest BCUT2D eigenvalue weighted by atomic mass is 35.5. The minimum Gasteiger partial charge on any atom is -0.382 e. The van der Waals surface area contributed by atoms with Crippen LogP contribution < -0.4 is 5.32 Å². The molecule has 102 valence electrons. The van der Waals surface area contributed by atoms with Crippen LogP contribution in [0.4, 0.5) is 4.39 Å². The Morgan fingerprint density at radius 1 is 1.58 bits per heavy atom. The van der Waals surface area contributed by atoms with Crippen LogP contribution in [0.5, 0.6) is 0 Å². The van der Waals surface area contributed by atoms with Crippen molar-refractivity contribution in [2.45, 2.75) is 32.4 Å². The first-order valence-corrected chi connectivity index (χ1v) is 6.34. The number of benzene rings is 1. The lowest BCUT2D eigenvalue weighted by molar-refractivity contribution is -0.131. The summed E-state index contributed by atoms with van der Waals surface area (Å²) >= 11 is 5.94. The fraction of sp³-hybridized carbons (Fsp3) is 0.385. The third-order valence-electron chi connectivity index (χ3n) is 2.64. The van der Waals surface area contributed by atoms with E-state index in [1.54, 1.807) is 6.07 Å². The van der Waals surface area contributed by atoms with Crippen LogP contribution in [0.15, 0.2) is 23.4 Å². The highest BCUT2D eigenvalue weighted by Gasteiger charge is 2.31. The van der Waals surface area contributed by atoms with Crippen LogP contribution in [0.2, 0.25) is 5.02 Å². The molecule has 0 unspecified atom stereocenters. The molecule has 1 amide bonds. The van der Waals surface area contributed by atoms with Crippen LogP contribution >= 0.6 is 11.6 Å². The van der Waals surface area contributed by atoms with Crippen molar-refractivity contribution in [2.75, 3.05) is 0 Å². The summed E-state index contributed by atoms with van der Waals surface area (Å²) in [5.74, 6) is -0.735. The predicted octanol–water partition coefficient (Wildman–Crippen LogP) is 2.50. The zero-order chi connectivity index (χ0) is 14.0. The van der Waals surface area contributed by atoms with E-state index in [0.717, 1.165) is 0 Å². The second-order valence-electron chi connectivity index (χ2n) is 4.60. The predicted molar refractivity (Wildman–Crippen MR) is 70.7 cm³/mol. The van der Waals surface area contributed by atoms with E-state index in [4.69, 9.17) is 16.4 Å². The van der Waals surface area contributed by atoms with Crippen molar-refractivity contribution >= 4 is 23.2 Å². The van der Waals surface area contributed by atoms with Gasteiger partial charge in [0.1, 0.15) is 5.82 Å². The number of hydrogen-bond donors (Lipinski definition) is 1. The molecule has 0 fully saturated rings. The molecule has 1 N–H and O–H groups in total. The molecule has 0 spiro atoms. The van der Waals surface area contributed by atoms with E-state index in [2.05, 4.69) is 10.5 Å². The number of amides is 1. The Bertz CT molecular complexity index is 511. The molecule has 0 radical (unpaired) electrons. The van der Waals surface area contributed by atoms with E-state index in [0.29, 0.717) is 5.71 Å². The van der Waals surface area contributed by atoms with Gasteiger partial charge in [0.2, 0.25) is 6.10 Å². The summed E-state index contributed by atoms with van der Waals surface area (Å²) in [6, 6.07) is 4.40. The van der Waals surface area contributed by atoms with Crippen molar-refractivity contribution in [3.05, 3.63) is 34.6 Å². The molecule has 0 saturated heterocycles. The summed E-state index contributed by atoms with van der Waals surface area (Å²) in [4.78, 5) is 16.8. The monoisotopic (exact) mass is 284 g/mol. The molecule has 0 bridgehead atoms. The maximum absolute atomic E-state index is 13.7. The summed E-state index contributed by atoms with van der Waals surface area (Å²) in [6.45, 7) is 3.70. The molecular formula is C13H14ClFN2O2. The fourth-order valence-corrected chi connectivity index (χ4v) is 2.09. The molecular weight excluding hydrogens is 271 g/mol. The average Bonchev–Trinajstić information content (AvgIpc) is 2.77. The van der Waals surface area contributed by atoms with Crippen LogP contribution in [-0.4, -0.2) is 23.8 Å². The topological polar surface area (TPSA) is 50.7 Å². The second-order valence-corrected chi connectivity index (χ2v) is 5.00. The molecule has 6 heteroatoms. The molecule has 2 rings (SSSR count). The van der Waals surface area contributed by atoms with Gasteiger partial charge in [-0.2, -0.15) is 0 Å². The minimum atomic E-state index is -0.729. The fourth-order valence-electron chi connectivity index (χ4n) is 1.82. The maximum Gasteiger partial charge on any atom is 0.264 e. The van der Waals surface area contributed by atoms with Gasteiger partial charge in [-0.05, 0) is 26.0 Å². The SMILES string of the molecule is CC(C)NC(=O)[C@@H]1CC(c2c(F)cccc2Cl)=NO1. The first-order valence-electron chi connectivity index (χ1n) is 5.96. The zero-order valence-electron chi connectivity index (χ0n) is 10.6. The van der Waals surface area contributed by atoms with Crippen LogP contribution in [0.3, 0.4) is 0 Å². The Labute approximate surface area is 115 Å². The van der Waals surface area contributed by atoms with Gasteiger partial charge in [0.15, 0.2) is 0 Å². The van der Waals surface area contributed by atoms with Gasteiger partial charge >= 0.3 is 0 Å². The second kappa shape index (κ2) is 5.57. The Kier molecular flexibility index (Phi) is 4.04. The molecule has 0 saturated carbocycles. The zero-order valence-corrected chi connectivity index (χ0v) is 11.4. The van der Waals surface area contributed by atoms with Gasteiger partial charge in [-0.25, -0.2) is 4.39 Å². The molecule has 1 aromatic rings. The number of nitrogens with one attached hydrogen (secondary N) is 1. The molecule has 1 aliphatic rings. The Morgan fingerprint density at radius 3 is 2.95 bits per heavy atom. The number of carbonyl (C=O) groups is 1. The van der Waals surface area contributed by atoms with E-state index in [1.807, 2.05) is 13.8 Å². The molecule has 19 heavy (non-hydrogen) atoms. The van der Waals surface area contributed by atoms with E-state index in [1.165, 1.54) is 12.1 Å². The van der Waals surface area contributed by atoms with Gasteiger partial charge in [-0.3, -0.25) is 4.79 Å². The van der Waals surface area contributed by atoms with Gasteiger partial charge < -0.3 is 10.2 Å². The molecule has 1 aliphatic heterocycles. The van der Waals surface area contributed by atoms with Crippen molar-refractivity contribution in [3.8, 4) is 0 Å². The van der Waals surface area contributed by atoms with Crippen LogP contribution in [-0.2, 0) is 9.63 Å². The van der Waals surface area contributed by atoms with Gasteiger partial charge in [0, 0.05) is 12.5 Å². The molecule has 0 aliphatic carbocycles. The van der Waals surface area contributed by atoms with Gasteiger partial charge in [0.25, 0.3) is 5.91 Å². The molecule has 1 aromatic carbocycles. The van der Waals surface area contributed by atoms with Crippen LogP contribution in [0.25, 0.3) is 0 Å². The van der Waals surface area contributed by atoms with E-state index < -0.39 is 11.9 Å². The standard InChI is InChI=1S/C13H14ClFN2O2/c1-7(2)16-13(18)11-6-10(17-19-11)12-8(14)4-3-5-9(12)15/h3-5,7,11H,6H2,1-2H3,(H,16,18)/t11-/m0/s1. The van der Waals surface area contributed by atoms with E-state index in [-0.39, 0.29) is 29.0 Å². The van der Waals surface area contributed by atoms with Crippen LogP contribution in [0, 0.1) is 5.82 Å². The lowest BCUT2D eigenvalue weighted by Gasteiger charge is -2.11. The summed E-state index contributed by atoms with van der Waals surface area (Å²) in [7, 11) is 0. The largest absolute Gasteiger partial charge is 0.382 e. The van der Waals surface area contributed by atoms with Crippen molar-refractivity contribution in [3.63, 3.8) is 0 Å². The summed E-state index contributed by atoms with van der Waals surface area (Å²) in [5.41, 5.74) is 0.552. The average molecular weight is 285 g/mol. The molecule has 1 heterocycles. The Hall–Kier alpha value is -1.62. The number of nitrogens with zero attached hydrogens (tertiary/aromatic N) is 1. The maximum atomic E-state index is 13.7. The Balaban J connectivity index is 2.12. The first kappa shape index (κ1) is 13.8. The van der Waals surface area contributed by atoms with Gasteiger partial charge in [0.05, 0.1) is 16.3 Å². The number of hydrogen-bond acceptors (Lipinski definition) is 3. The Morgan fingerprint density at radius 2 is 2.32 bits per heavy atom. The smallest absolute Gasteiger partial charge is 0.264 e. The van der Waals surface area contributed by atoms with Gasteiger partial charge in [-0.1, -0.05) is 22.8 Å². The highest BCUT2D eigenvalue weighted by Crippen LogP contribution is 2.25.